The van der Waals surface area contributed by atoms with Crippen molar-refractivity contribution in [2.24, 2.45) is 0 Å². The van der Waals surface area contributed by atoms with E-state index in [0.29, 0.717) is 33.2 Å². The molecule has 2 aliphatic rings. The van der Waals surface area contributed by atoms with E-state index in [9.17, 15) is 0 Å². The van der Waals surface area contributed by atoms with Gasteiger partial charge in [0, 0.05) is 22.6 Å². The summed E-state index contributed by atoms with van der Waals surface area (Å²) in [6.45, 7) is 4.21. The largest absolute Gasteiger partial charge is 0.461 e. The lowest BCUT2D eigenvalue weighted by Gasteiger charge is -2.23. The van der Waals surface area contributed by atoms with Crippen molar-refractivity contribution in [3.8, 4) is 11.6 Å². The summed E-state index contributed by atoms with van der Waals surface area (Å²) in [5.74, 6) is 0.473. The molecule has 2 aliphatic heterocycles. The zero-order valence-electron chi connectivity index (χ0n) is 13.8. The minimum Gasteiger partial charge on any atom is -0.461 e. The van der Waals surface area contributed by atoms with Gasteiger partial charge in [0.2, 0.25) is 0 Å². The van der Waals surface area contributed by atoms with Gasteiger partial charge < -0.3 is 18.6 Å². The third kappa shape index (κ3) is 2.56. The second-order valence-corrected chi connectivity index (χ2v) is 7.92. The summed E-state index contributed by atoms with van der Waals surface area (Å²) < 4.78 is 26.0. The van der Waals surface area contributed by atoms with Crippen LogP contribution in [0.5, 0.6) is 0 Å². The number of nitrogens with zero attached hydrogens (tertiary/aromatic N) is 4. The lowest BCUT2D eigenvalue weighted by molar-refractivity contribution is -0.183. The van der Waals surface area contributed by atoms with Crippen molar-refractivity contribution in [2.45, 2.75) is 38.1 Å². The zero-order chi connectivity index (χ0) is 18.1. The maximum atomic E-state index is 6.31. The molecule has 2 fully saturated rings. The van der Waals surface area contributed by atoms with Crippen LogP contribution in [-0.2, 0) is 14.2 Å². The van der Waals surface area contributed by atoms with E-state index in [2.05, 4.69) is 15.0 Å². The summed E-state index contributed by atoms with van der Waals surface area (Å²) >= 11 is 8.34. The third-order valence-corrected chi connectivity index (χ3v) is 5.15. The van der Waals surface area contributed by atoms with Crippen molar-refractivity contribution < 1.29 is 18.6 Å². The number of halogens is 2. The predicted molar refractivity (Wildman–Crippen MR) is 99.6 cm³/mol. The van der Waals surface area contributed by atoms with Gasteiger partial charge in [0.15, 0.2) is 38.2 Å². The van der Waals surface area contributed by atoms with Crippen molar-refractivity contribution >= 4 is 45.4 Å². The smallest absolute Gasteiger partial charge is 0.194 e. The molecule has 136 valence electrons. The maximum absolute atomic E-state index is 6.31. The monoisotopic (exact) mass is 488 g/mol. The van der Waals surface area contributed by atoms with Crippen LogP contribution in [0.2, 0.25) is 5.15 Å². The molecule has 0 aromatic carbocycles. The molecule has 3 aromatic heterocycles. The number of rotatable bonds is 2. The molecule has 0 aliphatic carbocycles. The molecule has 3 aromatic rings. The van der Waals surface area contributed by atoms with Crippen molar-refractivity contribution in [3.05, 3.63) is 27.4 Å². The van der Waals surface area contributed by atoms with Gasteiger partial charge in [0.05, 0.1) is 12.9 Å². The van der Waals surface area contributed by atoms with Gasteiger partial charge in [-0.25, -0.2) is 15.0 Å². The predicted octanol–water partition coefficient (Wildman–Crippen LogP) is 3.39. The fraction of sp³-hybridized carbons (Fsp3) is 0.438. The van der Waals surface area contributed by atoms with Crippen molar-refractivity contribution in [1.82, 2.24) is 19.5 Å². The van der Waals surface area contributed by atoms with E-state index in [0.717, 1.165) is 0 Å². The number of hydrogen-bond donors (Lipinski definition) is 0. The van der Waals surface area contributed by atoms with Crippen LogP contribution in [0.25, 0.3) is 22.7 Å². The summed E-state index contributed by atoms with van der Waals surface area (Å²) in [7, 11) is 0. The van der Waals surface area contributed by atoms with Crippen LogP contribution in [0, 0.1) is 3.83 Å². The first kappa shape index (κ1) is 16.9. The van der Waals surface area contributed by atoms with Crippen LogP contribution < -0.4 is 0 Å². The lowest BCUT2D eigenvalue weighted by Crippen LogP contribution is -2.28. The number of ether oxygens (including phenoxy) is 3. The first-order valence-electron chi connectivity index (χ1n) is 8.05. The second kappa shape index (κ2) is 5.86. The van der Waals surface area contributed by atoms with E-state index in [1.807, 2.05) is 47.1 Å². The van der Waals surface area contributed by atoms with E-state index >= 15 is 0 Å². The highest BCUT2D eigenvalue weighted by molar-refractivity contribution is 14.1. The van der Waals surface area contributed by atoms with Gasteiger partial charge in [-0.05, 0) is 26.0 Å². The Balaban J connectivity index is 1.72. The Hall–Kier alpha value is -1.27. The van der Waals surface area contributed by atoms with Gasteiger partial charge in [-0.1, -0.05) is 11.6 Å². The van der Waals surface area contributed by atoms with Crippen LogP contribution in [0.1, 0.15) is 20.1 Å². The Bertz CT molecular complexity index is 990. The Labute approximate surface area is 166 Å². The Kier molecular flexibility index (Phi) is 3.80. The molecule has 0 bridgehead atoms. The molecule has 3 atom stereocenters. The molecule has 0 radical (unpaired) electrons. The normalized spacial score (nSPS) is 27.3. The molecule has 10 heteroatoms. The molecule has 2 saturated heterocycles. The molecule has 5 heterocycles. The van der Waals surface area contributed by atoms with Gasteiger partial charge in [-0.15, -0.1) is 0 Å². The summed E-state index contributed by atoms with van der Waals surface area (Å²) in [6, 6.07) is 3.62. The fourth-order valence-corrected chi connectivity index (χ4v) is 4.30. The van der Waals surface area contributed by atoms with E-state index in [-0.39, 0.29) is 17.4 Å². The first-order valence-corrected chi connectivity index (χ1v) is 9.51. The van der Waals surface area contributed by atoms with Gasteiger partial charge in [0.25, 0.3) is 0 Å². The minimum absolute atomic E-state index is 0.159. The number of furan rings is 1. The SMILES string of the molecule is CC1(C)O[C@H]2[C@H](CO[C@H]2n2c(-c3ccco3)nc3c(Cl)nc(I)nc32)O1. The van der Waals surface area contributed by atoms with Crippen molar-refractivity contribution in [2.75, 3.05) is 6.61 Å². The first-order chi connectivity index (χ1) is 12.4. The van der Waals surface area contributed by atoms with Crippen molar-refractivity contribution in [1.29, 1.82) is 0 Å². The molecule has 5 rings (SSSR count). The lowest BCUT2D eigenvalue weighted by atomic mass is 10.2. The number of hydrogen-bond acceptors (Lipinski definition) is 7. The van der Waals surface area contributed by atoms with Gasteiger partial charge >= 0.3 is 0 Å². The highest BCUT2D eigenvalue weighted by Gasteiger charge is 2.52. The van der Waals surface area contributed by atoms with E-state index in [4.69, 9.17) is 30.2 Å². The number of fused-ring (bicyclic) bond motifs is 2. The molecule has 0 N–H and O–H groups in total. The van der Waals surface area contributed by atoms with Crippen LogP contribution in [0.15, 0.2) is 22.8 Å². The summed E-state index contributed by atoms with van der Waals surface area (Å²) in [4.78, 5) is 13.4. The molecular formula is C16H14ClIN4O4. The van der Waals surface area contributed by atoms with Crippen LogP contribution in [0.4, 0.5) is 0 Å². The Morgan fingerprint density at radius 2 is 2.12 bits per heavy atom. The van der Waals surface area contributed by atoms with E-state index < -0.39 is 12.0 Å². The summed E-state index contributed by atoms with van der Waals surface area (Å²) in [5.41, 5.74) is 1.06. The van der Waals surface area contributed by atoms with Crippen LogP contribution in [-0.4, -0.2) is 44.1 Å². The van der Waals surface area contributed by atoms with Gasteiger partial charge in [0.1, 0.15) is 17.7 Å². The standard InChI is InChI=1S/C16H14ClIN4O4/c1-16(2)25-8-6-24-14(10(8)26-16)22-12(7-4-3-5-23-7)19-9-11(17)20-15(18)21-13(9)22/h3-5,8,10,14H,6H2,1-2H3/t8-,10-,14+/m0/s1. The third-order valence-electron chi connectivity index (χ3n) is 4.40. The van der Waals surface area contributed by atoms with E-state index in [1.165, 1.54) is 0 Å². The molecule has 0 saturated carbocycles. The quantitative estimate of drug-likeness (QED) is 0.311. The van der Waals surface area contributed by atoms with E-state index in [1.54, 1.807) is 12.3 Å². The fourth-order valence-electron chi connectivity index (χ4n) is 3.48. The average Bonchev–Trinajstić information content (AvgIpc) is 3.29. The second-order valence-electron chi connectivity index (χ2n) is 6.60. The molecule has 8 nitrogen and oxygen atoms in total. The summed E-state index contributed by atoms with van der Waals surface area (Å²) in [5, 5.41) is 0.282. The number of aromatic nitrogens is 4. The minimum atomic E-state index is -0.667. The number of imidazole rings is 1. The zero-order valence-corrected chi connectivity index (χ0v) is 16.8. The molecule has 0 amide bonds. The molecule has 26 heavy (non-hydrogen) atoms. The van der Waals surface area contributed by atoms with Gasteiger partial charge in [-0.2, -0.15) is 0 Å². The molecule has 0 spiro atoms. The Morgan fingerprint density at radius 3 is 2.88 bits per heavy atom. The van der Waals surface area contributed by atoms with Gasteiger partial charge in [-0.3, -0.25) is 4.57 Å². The Morgan fingerprint density at radius 1 is 1.27 bits per heavy atom. The maximum Gasteiger partial charge on any atom is 0.194 e. The highest BCUT2D eigenvalue weighted by Crippen LogP contribution is 2.42. The summed E-state index contributed by atoms with van der Waals surface area (Å²) in [6.07, 6.45) is 0.677. The van der Waals surface area contributed by atoms with Crippen LogP contribution >= 0.6 is 34.2 Å². The highest BCUT2D eigenvalue weighted by atomic mass is 127. The molecular weight excluding hydrogens is 475 g/mol. The molecule has 0 unspecified atom stereocenters. The van der Waals surface area contributed by atoms with Crippen LogP contribution in [0.3, 0.4) is 0 Å². The average molecular weight is 489 g/mol. The topological polar surface area (TPSA) is 84.4 Å². The van der Waals surface area contributed by atoms with Crippen molar-refractivity contribution in [3.63, 3.8) is 0 Å².